The number of aromatic nitrogens is 2. The van der Waals surface area contributed by atoms with Crippen molar-refractivity contribution in [2.24, 2.45) is 0 Å². The van der Waals surface area contributed by atoms with E-state index in [1.807, 2.05) is 0 Å². The van der Waals surface area contributed by atoms with Crippen LogP contribution < -0.4 is 15.5 Å². The Bertz CT molecular complexity index is 1630. The van der Waals surface area contributed by atoms with Crippen molar-refractivity contribution in [3.05, 3.63) is 76.7 Å². The number of phenols is 2. The van der Waals surface area contributed by atoms with Crippen molar-refractivity contribution >= 4 is 34.7 Å². The van der Waals surface area contributed by atoms with Crippen molar-refractivity contribution < 1.29 is 38.8 Å². The average molecular weight is 533 g/mol. The minimum Gasteiger partial charge on any atom is -0.508 e. The van der Waals surface area contributed by atoms with Crippen LogP contribution in [0.1, 0.15) is 24.2 Å². The minimum atomic E-state index is -0.892. The molecule has 2 aromatic heterocycles. The van der Waals surface area contributed by atoms with Crippen LogP contribution >= 0.6 is 0 Å². The molecule has 12 heteroatoms. The summed E-state index contributed by atoms with van der Waals surface area (Å²) < 4.78 is 16.5. The van der Waals surface area contributed by atoms with Crippen LogP contribution in [0, 0.1) is 0 Å². The van der Waals surface area contributed by atoms with Crippen molar-refractivity contribution in [2.75, 3.05) is 18.5 Å². The van der Waals surface area contributed by atoms with Gasteiger partial charge in [0.1, 0.15) is 5.75 Å². The maximum Gasteiger partial charge on any atom is 0.418 e. The zero-order chi connectivity index (χ0) is 28.1. The van der Waals surface area contributed by atoms with Crippen LogP contribution in [0.3, 0.4) is 0 Å². The summed E-state index contributed by atoms with van der Waals surface area (Å²) in [6.07, 6.45) is 0.958. The molecule has 0 aliphatic heterocycles. The molecule has 200 valence electrons. The first-order valence-electron chi connectivity index (χ1n) is 11.7. The van der Waals surface area contributed by atoms with Gasteiger partial charge in [0.25, 0.3) is 0 Å². The number of phenolic OH excluding ortho intramolecular Hbond substituents is 2. The number of nitrogens with one attached hydrogen (secondary N) is 1. The summed E-state index contributed by atoms with van der Waals surface area (Å²) in [5.74, 6) is -1.93. The van der Waals surface area contributed by atoms with E-state index in [1.165, 1.54) is 42.7 Å². The van der Waals surface area contributed by atoms with Gasteiger partial charge in [0.05, 0.1) is 35.7 Å². The smallest absolute Gasteiger partial charge is 0.418 e. The van der Waals surface area contributed by atoms with E-state index in [2.05, 4.69) is 10.3 Å². The fourth-order valence-electron chi connectivity index (χ4n) is 3.78. The van der Waals surface area contributed by atoms with Gasteiger partial charge in [-0.15, -0.1) is 0 Å². The van der Waals surface area contributed by atoms with E-state index < -0.39 is 29.3 Å². The molecule has 0 saturated heterocycles. The van der Waals surface area contributed by atoms with Gasteiger partial charge in [-0.1, -0.05) is 0 Å². The molecule has 0 spiro atoms. The third-order valence-electron chi connectivity index (χ3n) is 5.43. The molecule has 0 aliphatic rings. The lowest BCUT2D eigenvalue weighted by molar-refractivity contribution is 0.0729. The summed E-state index contributed by atoms with van der Waals surface area (Å²) in [4.78, 5) is 54.9. The normalized spacial score (nSPS) is 10.6. The number of aromatic hydroxyl groups is 2. The highest BCUT2D eigenvalue weighted by Crippen LogP contribution is 2.39. The van der Waals surface area contributed by atoms with E-state index in [9.17, 15) is 29.4 Å². The Balaban J connectivity index is 1.95. The molecule has 0 fully saturated rings. The minimum absolute atomic E-state index is 0.00682. The number of carbonyl (C=O) groups excluding carboxylic acids is 3. The highest BCUT2D eigenvalue weighted by atomic mass is 16.6. The fraction of sp³-hybridized carbons (Fsp3) is 0.148. The number of hydrogen-bond donors (Lipinski definition) is 3. The first-order valence-corrected chi connectivity index (χ1v) is 11.7. The third kappa shape index (κ3) is 5.64. The number of benzene rings is 2. The molecule has 0 radical (unpaired) electrons. The highest BCUT2D eigenvalue weighted by molar-refractivity contribution is 5.98. The number of anilines is 1. The number of esters is 1. The van der Waals surface area contributed by atoms with Crippen LogP contribution in [0.4, 0.5) is 15.3 Å². The van der Waals surface area contributed by atoms with Gasteiger partial charge in [-0.05, 0) is 44.2 Å². The largest absolute Gasteiger partial charge is 0.508 e. The monoisotopic (exact) mass is 533 g/mol. The average Bonchev–Trinajstić information content (AvgIpc) is 2.90. The predicted octanol–water partition coefficient (Wildman–Crippen LogP) is 4.27. The number of amides is 1. The zero-order valence-electron chi connectivity index (χ0n) is 20.8. The van der Waals surface area contributed by atoms with E-state index in [-0.39, 0.29) is 58.1 Å². The van der Waals surface area contributed by atoms with Crippen LogP contribution in [0.5, 0.6) is 17.2 Å². The molecular formula is C27H23N3O9. The van der Waals surface area contributed by atoms with E-state index in [0.29, 0.717) is 0 Å². The SMILES string of the molecule is CCOC(=O)Nc1cc(OC(=O)c2cccnc2)c(O)cc1-c1cc(=O)c2ccc(O)cc2n1C(=O)OCC. The van der Waals surface area contributed by atoms with Crippen molar-refractivity contribution in [2.45, 2.75) is 13.8 Å². The van der Waals surface area contributed by atoms with Gasteiger partial charge in [0, 0.05) is 41.5 Å². The number of carbonyl (C=O) groups is 3. The summed E-state index contributed by atoms with van der Waals surface area (Å²) in [6, 6.07) is 10.2. The number of pyridine rings is 2. The highest BCUT2D eigenvalue weighted by Gasteiger charge is 2.24. The van der Waals surface area contributed by atoms with Crippen LogP contribution in [-0.2, 0) is 9.47 Å². The van der Waals surface area contributed by atoms with E-state index in [4.69, 9.17) is 14.2 Å². The van der Waals surface area contributed by atoms with Gasteiger partial charge in [-0.2, -0.15) is 0 Å². The third-order valence-corrected chi connectivity index (χ3v) is 5.43. The van der Waals surface area contributed by atoms with Crippen LogP contribution in [0.15, 0.2) is 65.7 Å². The van der Waals surface area contributed by atoms with E-state index >= 15 is 0 Å². The maximum absolute atomic E-state index is 13.1. The van der Waals surface area contributed by atoms with Crippen LogP contribution in [0.2, 0.25) is 0 Å². The summed E-state index contributed by atoms with van der Waals surface area (Å²) >= 11 is 0. The Labute approximate surface area is 221 Å². The molecule has 0 bridgehead atoms. The van der Waals surface area contributed by atoms with E-state index in [1.54, 1.807) is 13.8 Å². The van der Waals surface area contributed by atoms with Crippen molar-refractivity contribution in [3.8, 4) is 28.5 Å². The lowest BCUT2D eigenvalue weighted by Crippen LogP contribution is -2.21. The molecule has 0 atom stereocenters. The standard InChI is InChI=1S/C27H23N3O9/c1-3-37-26(35)29-19-12-24(39-25(34)15-6-5-9-28-14-15)23(33)11-18(19)21-13-22(32)17-8-7-16(31)10-20(17)30(21)27(36)38-4-2/h5-14,31,33H,3-4H2,1-2H3,(H,29,35). The van der Waals surface area contributed by atoms with Crippen LogP contribution in [0.25, 0.3) is 22.2 Å². The van der Waals surface area contributed by atoms with E-state index in [0.717, 1.165) is 22.8 Å². The number of ether oxygens (including phenoxy) is 3. The topological polar surface area (TPSA) is 166 Å². The molecule has 4 rings (SSSR count). The molecular weight excluding hydrogens is 510 g/mol. The second-order valence-corrected chi connectivity index (χ2v) is 7.97. The summed E-state index contributed by atoms with van der Waals surface area (Å²) in [5, 5.41) is 23.4. The maximum atomic E-state index is 13.1. The van der Waals surface area contributed by atoms with Gasteiger partial charge in [-0.3, -0.25) is 15.1 Å². The first kappa shape index (κ1) is 26.7. The molecule has 0 aliphatic carbocycles. The summed E-state index contributed by atoms with van der Waals surface area (Å²) in [7, 11) is 0. The van der Waals surface area contributed by atoms with Crippen molar-refractivity contribution in [1.82, 2.24) is 9.55 Å². The van der Waals surface area contributed by atoms with Gasteiger partial charge in [0.15, 0.2) is 16.9 Å². The molecule has 2 aromatic carbocycles. The van der Waals surface area contributed by atoms with Gasteiger partial charge < -0.3 is 24.4 Å². The number of fused-ring (bicyclic) bond motifs is 1. The lowest BCUT2D eigenvalue weighted by atomic mass is 10.0. The quantitative estimate of drug-likeness (QED) is 0.185. The number of hydrogen-bond acceptors (Lipinski definition) is 10. The van der Waals surface area contributed by atoms with Crippen LogP contribution in [-0.4, -0.2) is 51.1 Å². The first-order chi connectivity index (χ1) is 18.7. The van der Waals surface area contributed by atoms with Gasteiger partial charge in [-0.25, -0.2) is 19.0 Å². The Kier molecular flexibility index (Phi) is 7.75. The molecule has 12 nitrogen and oxygen atoms in total. The predicted molar refractivity (Wildman–Crippen MR) is 139 cm³/mol. The Hall–Kier alpha value is -5.39. The Morgan fingerprint density at radius 2 is 1.77 bits per heavy atom. The number of rotatable bonds is 6. The Morgan fingerprint density at radius 1 is 1.00 bits per heavy atom. The van der Waals surface area contributed by atoms with Crippen molar-refractivity contribution in [1.29, 1.82) is 0 Å². The second-order valence-electron chi connectivity index (χ2n) is 7.97. The molecule has 0 saturated carbocycles. The molecule has 4 aromatic rings. The Morgan fingerprint density at radius 3 is 2.46 bits per heavy atom. The fourth-order valence-corrected chi connectivity index (χ4v) is 3.78. The summed E-state index contributed by atoms with van der Waals surface area (Å²) in [6.45, 7) is 3.20. The molecule has 1 amide bonds. The molecule has 2 heterocycles. The number of nitrogens with zero attached hydrogens (tertiary/aromatic N) is 2. The zero-order valence-corrected chi connectivity index (χ0v) is 20.8. The molecule has 0 unspecified atom stereocenters. The van der Waals surface area contributed by atoms with Gasteiger partial charge >= 0.3 is 18.2 Å². The lowest BCUT2D eigenvalue weighted by Gasteiger charge is -2.19. The van der Waals surface area contributed by atoms with Gasteiger partial charge in [0.2, 0.25) is 0 Å². The second kappa shape index (κ2) is 11.3. The molecule has 39 heavy (non-hydrogen) atoms. The summed E-state index contributed by atoms with van der Waals surface area (Å²) in [5.41, 5.74) is -0.580. The molecule has 3 N–H and O–H groups in total. The van der Waals surface area contributed by atoms with Crippen molar-refractivity contribution in [3.63, 3.8) is 0 Å².